The third-order valence-electron chi connectivity index (χ3n) is 3.54. The van der Waals surface area contributed by atoms with Crippen LogP contribution in [0.3, 0.4) is 0 Å². The molecule has 0 unspecified atom stereocenters. The van der Waals surface area contributed by atoms with Crippen LogP contribution in [-0.2, 0) is 6.42 Å². The highest BCUT2D eigenvalue weighted by molar-refractivity contribution is 7.18. The fourth-order valence-corrected chi connectivity index (χ4v) is 3.61. The Balaban J connectivity index is 1.94. The van der Waals surface area contributed by atoms with Gasteiger partial charge in [-0.25, -0.2) is 15.0 Å². The molecule has 2 heterocycles. The molecular weight excluding hydrogens is 313 g/mol. The van der Waals surface area contributed by atoms with Gasteiger partial charge < -0.3 is 5.73 Å². The van der Waals surface area contributed by atoms with Gasteiger partial charge in [-0.2, -0.15) is 13.2 Å². The maximum Gasteiger partial charge on any atom is 0.393 e. The largest absolute Gasteiger partial charge is 0.393 e. The van der Waals surface area contributed by atoms with Crippen molar-refractivity contribution in [3.05, 3.63) is 17.3 Å². The summed E-state index contributed by atoms with van der Waals surface area (Å²) in [5.41, 5.74) is 6.89. The molecule has 0 saturated heterocycles. The zero-order chi connectivity index (χ0) is 15.7. The van der Waals surface area contributed by atoms with Crippen molar-refractivity contribution < 1.29 is 13.2 Å². The average molecular weight is 328 g/mol. The number of nitrogens with zero attached hydrogens (tertiary/aromatic N) is 3. The molecule has 0 aromatic carbocycles. The molecule has 0 spiro atoms. The Morgan fingerprint density at radius 1 is 1.36 bits per heavy atom. The van der Waals surface area contributed by atoms with Crippen LogP contribution in [0.5, 0.6) is 0 Å². The van der Waals surface area contributed by atoms with E-state index in [4.69, 9.17) is 5.73 Å². The lowest BCUT2D eigenvalue weighted by atomic mass is 9.94. The predicted octanol–water partition coefficient (Wildman–Crippen LogP) is 3.77. The number of thiophene rings is 1. The molecule has 2 aromatic heterocycles. The minimum atomic E-state index is -4.23. The monoisotopic (exact) mass is 328 g/mol. The van der Waals surface area contributed by atoms with Crippen molar-refractivity contribution in [2.45, 2.75) is 44.3 Å². The van der Waals surface area contributed by atoms with Crippen molar-refractivity contribution in [2.24, 2.45) is 10.7 Å². The predicted molar refractivity (Wildman–Crippen MR) is 80.7 cm³/mol. The maximum atomic E-state index is 12.5. The molecule has 3 rings (SSSR count). The summed E-state index contributed by atoms with van der Waals surface area (Å²) in [6, 6.07) is 1.60. The number of hydrogen-bond donors (Lipinski definition) is 1. The first-order valence-corrected chi connectivity index (χ1v) is 7.84. The van der Waals surface area contributed by atoms with Gasteiger partial charge in [0.25, 0.3) is 0 Å². The lowest BCUT2D eigenvalue weighted by Crippen LogP contribution is -2.27. The molecule has 118 valence electrons. The van der Waals surface area contributed by atoms with Crippen LogP contribution in [0, 0.1) is 0 Å². The molecule has 4 nitrogen and oxygen atoms in total. The Morgan fingerprint density at radius 3 is 2.91 bits per heavy atom. The van der Waals surface area contributed by atoms with Gasteiger partial charge >= 0.3 is 6.18 Å². The van der Waals surface area contributed by atoms with Crippen molar-refractivity contribution >= 4 is 33.1 Å². The van der Waals surface area contributed by atoms with Crippen LogP contribution in [-0.4, -0.2) is 27.9 Å². The highest BCUT2D eigenvalue weighted by atomic mass is 32.1. The van der Waals surface area contributed by atoms with Crippen LogP contribution < -0.4 is 5.73 Å². The smallest absolute Gasteiger partial charge is 0.327 e. The maximum absolute atomic E-state index is 12.5. The van der Waals surface area contributed by atoms with Gasteiger partial charge in [-0.1, -0.05) is 0 Å². The Bertz CT molecular complexity index is 708. The molecular formula is C14H15F3N4S. The second-order valence-corrected chi connectivity index (χ2v) is 6.57. The normalized spacial score (nSPS) is 21.6. The van der Waals surface area contributed by atoms with E-state index in [1.165, 1.54) is 12.4 Å². The van der Waals surface area contributed by atoms with Gasteiger partial charge in [-0.3, -0.25) is 0 Å². The second-order valence-electron chi connectivity index (χ2n) is 5.46. The highest BCUT2D eigenvalue weighted by Crippen LogP contribution is 2.33. The third-order valence-corrected chi connectivity index (χ3v) is 4.58. The highest BCUT2D eigenvalue weighted by Gasteiger charge is 2.29. The Kier molecular flexibility index (Phi) is 4.14. The van der Waals surface area contributed by atoms with E-state index < -0.39 is 12.6 Å². The van der Waals surface area contributed by atoms with E-state index in [1.54, 1.807) is 0 Å². The van der Waals surface area contributed by atoms with E-state index in [2.05, 4.69) is 15.0 Å². The zero-order valence-corrected chi connectivity index (χ0v) is 12.5. The first-order valence-electron chi connectivity index (χ1n) is 7.03. The van der Waals surface area contributed by atoms with Crippen molar-refractivity contribution in [3.8, 4) is 0 Å². The molecule has 0 aliphatic heterocycles. The van der Waals surface area contributed by atoms with Gasteiger partial charge in [0.1, 0.15) is 11.2 Å². The molecule has 2 N–H and O–H groups in total. The van der Waals surface area contributed by atoms with E-state index in [1.807, 2.05) is 0 Å². The summed E-state index contributed by atoms with van der Waals surface area (Å²) >= 11 is 1.04. The fraction of sp³-hybridized carbons (Fsp3) is 0.500. The Hall–Kier alpha value is -1.54. The number of aromatic nitrogens is 2. The summed E-state index contributed by atoms with van der Waals surface area (Å²) in [6.07, 6.45) is -0.295. The first kappa shape index (κ1) is 15.4. The van der Waals surface area contributed by atoms with Gasteiger partial charge in [0.2, 0.25) is 0 Å². The summed E-state index contributed by atoms with van der Waals surface area (Å²) < 4.78 is 37.5. The Morgan fingerprint density at radius 2 is 2.18 bits per heavy atom. The summed E-state index contributed by atoms with van der Waals surface area (Å²) in [5.74, 6) is 0.443. The molecule has 0 amide bonds. The van der Waals surface area contributed by atoms with Gasteiger partial charge in [-0.15, -0.1) is 11.3 Å². The van der Waals surface area contributed by atoms with E-state index in [9.17, 15) is 13.2 Å². The summed E-state index contributed by atoms with van der Waals surface area (Å²) in [5, 5.41) is 0.582. The lowest BCUT2D eigenvalue weighted by molar-refractivity contribution is -0.126. The van der Waals surface area contributed by atoms with Gasteiger partial charge in [-0.05, 0) is 25.3 Å². The number of rotatable bonds is 2. The third kappa shape index (κ3) is 3.61. The second kappa shape index (κ2) is 5.92. The molecule has 0 bridgehead atoms. The first-order chi connectivity index (χ1) is 10.4. The van der Waals surface area contributed by atoms with E-state index in [0.717, 1.165) is 36.3 Å². The van der Waals surface area contributed by atoms with Gasteiger partial charge in [0, 0.05) is 23.1 Å². The van der Waals surface area contributed by atoms with Crippen molar-refractivity contribution in [2.75, 3.05) is 0 Å². The van der Waals surface area contributed by atoms with Crippen LogP contribution in [0.2, 0.25) is 0 Å². The molecule has 2 aromatic rings. The van der Waals surface area contributed by atoms with Crippen molar-refractivity contribution in [1.82, 2.24) is 9.97 Å². The zero-order valence-electron chi connectivity index (χ0n) is 11.7. The van der Waals surface area contributed by atoms with Crippen LogP contribution in [0.1, 0.15) is 30.6 Å². The van der Waals surface area contributed by atoms with Crippen LogP contribution in [0.15, 0.2) is 17.4 Å². The molecule has 0 radical (unpaired) electrons. The SMILES string of the molecule is N[C@H]1CCCC(=Nc2ncnc3sc(CC(F)(F)F)cc23)C1. The molecule has 1 fully saturated rings. The van der Waals surface area contributed by atoms with Crippen molar-refractivity contribution in [1.29, 1.82) is 0 Å². The number of hydrogen-bond acceptors (Lipinski definition) is 5. The number of nitrogens with two attached hydrogens (primary N) is 1. The topological polar surface area (TPSA) is 64.2 Å². The van der Waals surface area contributed by atoms with Gasteiger partial charge in [0.15, 0.2) is 5.82 Å². The molecule has 1 aliphatic carbocycles. The average Bonchev–Trinajstić information content (AvgIpc) is 2.80. The molecule has 1 saturated carbocycles. The summed E-state index contributed by atoms with van der Waals surface area (Å²) in [6.45, 7) is 0. The molecule has 8 heteroatoms. The van der Waals surface area contributed by atoms with Crippen LogP contribution >= 0.6 is 11.3 Å². The van der Waals surface area contributed by atoms with E-state index >= 15 is 0 Å². The van der Waals surface area contributed by atoms with Crippen LogP contribution in [0.4, 0.5) is 19.0 Å². The van der Waals surface area contributed by atoms with Crippen molar-refractivity contribution in [3.63, 3.8) is 0 Å². The van der Waals surface area contributed by atoms with Crippen LogP contribution in [0.25, 0.3) is 10.2 Å². The molecule has 1 aliphatic rings. The number of fused-ring (bicyclic) bond motifs is 1. The number of halogens is 3. The number of aliphatic imine (C=N–C) groups is 1. The van der Waals surface area contributed by atoms with Gasteiger partial charge in [0.05, 0.1) is 11.8 Å². The Labute approximate surface area is 129 Å². The standard InChI is InChI=1S/C14H15F3N4S/c15-14(16,17)6-10-5-11-12(19-7-20-13(11)22-10)21-9-3-1-2-8(18)4-9/h5,7-8H,1-4,6,18H2/t8-/m0/s1. The molecule has 22 heavy (non-hydrogen) atoms. The number of alkyl halides is 3. The minimum absolute atomic E-state index is 0.105. The summed E-state index contributed by atoms with van der Waals surface area (Å²) in [4.78, 5) is 13.4. The molecule has 1 atom stereocenters. The summed E-state index contributed by atoms with van der Waals surface area (Å²) in [7, 11) is 0. The lowest BCUT2D eigenvalue weighted by Gasteiger charge is -2.19. The van der Waals surface area contributed by atoms with E-state index in [-0.39, 0.29) is 10.9 Å². The minimum Gasteiger partial charge on any atom is -0.327 e. The fourth-order valence-electron chi connectivity index (χ4n) is 2.59. The quantitative estimate of drug-likeness (QED) is 0.912. The van der Waals surface area contributed by atoms with E-state index in [0.29, 0.717) is 22.5 Å².